The van der Waals surface area contributed by atoms with Crippen LogP contribution in [0.2, 0.25) is 0 Å². The molecule has 198 valence electrons. The molecule has 0 aromatic rings. The van der Waals surface area contributed by atoms with Gasteiger partial charge in [-0.15, -0.1) is 0 Å². The first-order chi connectivity index (χ1) is 17.0. The van der Waals surface area contributed by atoms with Gasteiger partial charge >= 0.3 is 11.9 Å². The van der Waals surface area contributed by atoms with Gasteiger partial charge in [-0.3, -0.25) is 9.59 Å². The van der Waals surface area contributed by atoms with Gasteiger partial charge < -0.3 is 9.47 Å². The van der Waals surface area contributed by atoms with E-state index in [2.05, 4.69) is 33.4 Å². The number of rotatable bonds is 8. The van der Waals surface area contributed by atoms with Gasteiger partial charge in [0.25, 0.3) is 0 Å². The van der Waals surface area contributed by atoms with Crippen molar-refractivity contribution < 1.29 is 23.9 Å². The van der Waals surface area contributed by atoms with Crippen LogP contribution in [-0.2, 0) is 23.9 Å². The molecule has 0 unspecified atom stereocenters. The Morgan fingerprint density at radius 3 is 2.69 bits per heavy atom. The molecule has 5 heteroatoms. The van der Waals surface area contributed by atoms with E-state index in [9.17, 15) is 14.4 Å². The van der Waals surface area contributed by atoms with Crippen molar-refractivity contribution in [3.8, 4) is 0 Å². The highest BCUT2D eigenvalue weighted by Crippen LogP contribution is 2.88. The third kappa shape index (κ3) is 3.29. The SMILES string of the molecule is C=C1C(=O)O[C@H]2C[C@H]3[C@@]4(CC[C@@]5(C)[C@H]([C@@H](C)CCC=C(C)C=O)CC[C@]35C)C[C@@]4(CCC(=O)OC)[C@@H]12. The molecule has 5 rings (SSSR count). The molecule has 4 aliphatic carbocycles. The van der Waals surface area contributed by atoms with E-state index in [-0.39, 0.29) is 45.6 Å². The number of ether oxygens (including phenoxy) is 2. The summed E-state index contributed by atoms with van der Waals surface area (Å²) >= 11 is 0. The Bertz CT molecular complexity index is 1010. The molecule has 1 heterocycles. The molecule has 1 aliphatic heterocycles. The molecule has 5 fully saturated rings. The van der Waals surface area contributed by atoms with Crippen LogP contribution < -0.4 is 0 Å². The molecule has 0 radical (unpaired) electrons. The average molecular weight is 497 g/mol. The molecule has 0 aromatic heterocycles. The van der Waals surface area contributed by atoms with Gasteiger partial charge in [0.15, 0.2) is 0 Å². The molecular formula is C31H44O5. The summed E-state index contributed by atoms with van der Waals surface area (Å²) < 4.78 is 11.0. The lowest BCUT2D eigenvalue weighted by Gasteiger charge is -2.61. The van der Waals surface area contributed by atoms with Gasteiger partial charge in [0.1, 0.15) is 12.4 Å². The topological polar surface area (TPSA) is 69.7 Å². The maximum absolute atomic E-state index is 12.7. The van der Waals surface area contributed by atoms with E-state index in [1.807, 2.05) is 6.92 Å². The fraction of sp³-hybridized carbons (Fsp3) is 0.774. The molecule has 0 N–H and O–H groups in total. The minimum absolute atomic E-state index is 0.0443. The lowest BCUT2D eigenvalue weighted by atomic mass is 9.43. The summed E-state index contributed by atoms with van der Waals surface area (Å²) in [5, 5.41) is 0. The number of aldehydes is 1. The Balaban J connectivity index is 1.44. The van der Waals surface area contributed by atoms with Crippen LogP contribution in [-0.4, -0.2) is 31.4 Å². The van der Waals surface area contributed by atoms with E-state index in [0.29, 0.717) is 29.7 Å². The molecule has 0 amide bonds. The van der Waals surface area contributed by atoms with Crippen molar-refractivity contribution >= 4 is 18.2 Å². The smallest absolute Gasteiger partial charge is 0.334 e. The van der Waals surface area contributed by atoms with Gasteiger partial charge in [-0.2, -0.15) is 0 Å². The zero-order valence-electron chi connectivity index (χ0n) is 22.9. The van der Waals surface area contributed by atoms with Crippen LogP contribution in [0.25, 0.3) is 0 Å². The van der Waals surface area contributed by atoms with Gasteiger partial charge in [-0.25, -0.2) is 4.79 Å². The lowest BCUT2D eigenvalue weighted by molar-refractivity contribution is -0.158. The van der Waals surface area contributed by atoms with Crippen LogP contribution in [0.15, 0.2) is 23.8 Å². The number of esters is 2. The van der Waals surface area contributed by atoms with E-state index < -0.39 is 0 Å². The second kappa shape index (κ2) is 8.56. The molecule has 1 saturated heterocycles. The Morgan fingerprint density at radius 1 is 1.25 bits per heavy atom. The second-order valence-electron chi connectivity index (χ2n) is 13.4. The predicted molar refractivity (Wildman–Crippen MR) is 138 cm³/mol. The zero-order valence-corrected chi connectivity index (χ0v) is 22.9. The van der Waals surface area contributed by atoms with Crippen molar-refractivity contribution in [2.24, 2.45) is 45.3 Å². The zero-order chi connectivity index (χ0) is 26.1. The third-order valence-electron chi connectivity index (χ3n) is 12.4. The number of carbonyl (C=O) groups excluding carboxylic acids is 3. The molecule has 5 aliphatic rings. The van der Waals surface area contributed by atoms with Crippen molar-refractivity contribution in [3.05, 3.63) is 23.8 Å². The number of carbonyl (C=O) groups is 3. The molecule has 36 heavy (non-hydrogen) atoms. The Kier molecular flexibility index (Phi) is 6.12. The molecule has 4 saturated carbocycles. The molecule has 0 bridgehead atoms. The van der Waals surface area contributed by atoms with Crippen molar-refractivity contribution in [1.82, 2.24) is 0 Å². The van der Waals surface area contributed by atoms with Gasteiger partial charge in [0, 0.05) is 17.9 Å². The minimum atomic E-state index is -0.229. The average Bonchev–Trinajstić information content (AvgIpc) is 3.31. The fourth-order valence-corrected chi connectivity index (χ4v) is 10.4. The first-order valence-corrected chi connectivity index (χ1v) is 14.1. The van der Waals surface area contributed by atoms with E-state index in [4.69, 9.17) is 9.47 Å². The largest absolute Gasteiger partial charge is 0.469 e. The number of methoxy groups -OCH3 is 1. The monoisotopic (exact) mass is 496 g/mol. The van der Waals surface area contributed by atoms with Crippen LogP contribution in [0, 0.1) is 45.3 Å². The summed E-state index contributed by atoms with van der Waals surface area (Å²) in [6.45, 7) is 13.6. The van der Waals surface area contributed by atoms with Crippen molar-refractivity contribution in [2.45, 2.75) is 98.0 Å². The van der Waals surface area contributed by atoms with Crippen LogP contribution in [0.1, 0.15) is 91.9 Å². The molecular weight excluding hydrogens is 452 g/mol. The number of hydrogen-bond donors (Lipinski definition) is 0. The molecule has 5 nitrogen and oxygen atoms in total. The highest BCUT2D eigenvalue weighted by Gasteiger charge is 2.83. The lowest BCUT2D eigenvalue weighted by Crippen LogP contribution is -2.56. The van der Waals surface area contributed by atoms with E-state index in [0.717, 1.165) is 44.0 Å². The second-order valence-corrected chi connectivity index (χ2v) is 13.4. The summed E-state index contributed by atoms with van der Waals surface area (Å²) in [7, 11) is 1.46. The highest BCUT2D eigenvalue weighted by molar-refractivity contribution is 5.91. The van der Waals surface area contributed by atoms with Crippen LogP contribution >= 0.6 is 0 Å². The van der Waals surface area contributed by atoms with E-state index >= 15 is 0 Å². The van der Waals surface area contributed by atoms with Crippen LogP contribution in [0.3, 0.4) is 0 Å². The fourth-order valence-electron chi connectivity index (χ4n) is 10.4. The van der Waals surface area contributed by atoms with Gasteiger partial charge in [0.2, 0.25) is 0 Å². The maximum Gasteiger partial charge on any atom is 0.334 e. The number of hydrogen-bond acceptors (Lipinski definition) is 5. The van der Waals surface area contributed by atoms with E-state index in [1.54, 1.807) is 0 Å². The number of fused-ring (bicyclic) bond motifs is 4. The quantitative estimate of drug-likeness (QED) is 0.227. The molecule has 9 atom stereocenters. The third-order valence-corrected chi connectivity index (χ3v) is 12.4. The van der Waals surface area contributed by atoms with Gasteiger partial charge in [-0.05, 0) is 110 Å². The standard InChI is InChI=1S/C31H44O5/c1-19(17-32)8-7-9-20(2)22-10-12-29(5)24-16-23-26(21(3)27(34)36-23)31(13-11-25(33)35-6)18-30(24,31)15-14-28(22,29)4/h8,17,20,22-24,26H,3,7,9-16,18H2,1-2,4-6H3/t20-,22-,23-,24+,26-,28-,29+,30+,31-/m0/s1. The Labute approximate surface area is 216 Å². The summed E-state index contributed by atoms with van der Waals surface area (Å²) in [6, 6.07) is 0. The van der Waals surface area contributed by atoms with Gasteiger partial charge in [-0.1, -0.05) is 33.4 Å². The number of allylic oxidation sites excluding steroid dienone is 2. The highest BCUT2D eigenvalue weighted by atomic mass is 16.6. The summed E-state index contributed by atoms with van der Waals surface area (Å²) in [5.74, 6) is 1.41. The Hall–Kier alpha value is -1.91. The maximum atomic E-state index is 12.7. The van der Waals surface area contributed by atoms with Crippen molar-refractivity contribution in [2.75, 3.05) is 7.11 Å². The molecule has 0 aromatic carbocycles. The van der Waals surface area contributed by atoms with Crippen molar-refractivity contribution in [3.63, 3.8) is 0 Å². The Morgan fingerprint density at radius 2 is 2.00 bits per heavy atom. The first kappa shape index (κ1) is 25.7. The summed E-state index contributed by atoms with van der Waals surface area (Å²) in [4.78, 5) is 35.9. The summed E-state index contributed by atoms with van der Waals surface area (Å²) in [6.07, 6.45) is 13.0. The predicted octanol–water partition coefficient (Wildman–Crippen LogP) is 6.21. The summed E-state index contributed by atoms with van der Waals surface area (Å²) in [5.41, 5.74) is 2.00. The van der Waals surface area contributed by atoms with Gasteiger partial charge in [0.05, 0.1) is 7.11 Å². The molecule has 1 spiro atoms. The van der Waals surface area contributed by atoms with Crippen LogP contribution in [0.5, 0.6) is 0 Å². The van der Waals surface area contributed by atoms with E-state index in [1.165, 1.54) is 32.8 Å². The minimum Gasteiger partial charge on any atom is -0.469 e. The normalized spacial score (nSPS) is 45.6. The first-order valence-electron chi connectivity index (χ1n) is 14.1. The van der Waals surface area contributed by atoms with Crippen molar-refractivity contribution in [1.29, 1.82) is 0 Å². The van der Waals surface area contributed by atoms with Crippen LogP contribution in [0.4, 0.5) is 0 Å².